The second kappa shape index (κ2) is 6.29. The van der Waals surface area contributed by atoms with Crippen LogP contribution in [0.3, 0.4) is 0 Å². The Morgan fingerprint density at radius 2 is 1.81 bits per heavy atom. The summed E-state index contributed by atoms with van der Waals surface area (Å²) >= 11 is 0. The molecule has 6 heteroatoms. The van der Waals surface area contributed by atoms with Gasteiger partial charge in [-0.15, -0.1) is 0 Å². The van der Waals surface area contributed by atoms with Crippen LogP contribution in [-0.4, -0.2) is 21.6 Å². The Bertz CT molecular complexity index is 939. The first-order valence-electron chi connectivity index (χ1n) is 7.83. The van der Waals surface area contributed by atoms with Crippen molar-refractivity contribution in [3.05, 3.63) is 64.7 Å². The molecule has 0 fully saturated rings. The van der Waals surface area contributed by atoms with Crippen LogP contribution in [0.1, 0.15) is 35.3 Å². The molecule has 0 amide bonds. The number of aromatic hydroxyl groups is 2. The maximum Gasteiger partial charge on any atom is 0.193 e. The molecule has 26 heavy (non-hydrogen) atoms. The van der Waals surface area contributed by atoms with Crippen LogP contribution in [0.2, 0.25) is 0 Å². The fraction of sp³-hybridized carbons (Fsp3) is 0.150. The Balaban J connectivity index is 2.06. The topological polar surface area (TPSA) is 66.8 Å². The van der Waals surface area contributed by atoms with Gasteiger partial charge in [-0.3, -0.25) is 4.79 Å². The van der Waals surface area contributed by atoms with Gasteiger partial charge < -0.3 is 14.9 Å². The zero-order valence-corrected chi connectivity index (χ0v) is 14.1. The highest BCUT2D eigenvalue weighted by molar-refractivity contribution is 6.11. The summed E-state index contributed by atoms with van der Waals surface area (Å²) in [5.74, 6) is -3.07. The van der Waals surface area contributed by atoms with E-state index < -0.39 is 28.8 Å². The van der Waals surface area contributed by atoms with E-state index in [1.54, 1.807) is 26.0 Å². The fourth-order valence-electron chi connectivity index (χ4n) is 2.65. The lowest BCUT2D eigenvalue weighted by Gasteiger charge is -2.29. The lowest BCUT2D eigenvalue weighted by atomic mass is 9.96. The molecule has 0 aromatic heterocycles. The van der Waals surface area contributed by atoms with E-state index in [0.717, 1.165) is 30.4 Å². The highest BCUT2D eigenvalue weighted by Crippen LogP contribution is 2.43. The van der Waals surface area contributed by atoms with Crippen molar-refractivity contribution in [3.8, 4) is 17.2 Å². The molecule has 0 aliphatic carbocycles. The molecular formula is C20H16F2O4. The van der Waals surface area contributed by atoms with Crippen molar-refractivity contribution in [2.24, 2.45) is 0 Å². The minimum atomic E-state index is -0.814. The number of phenols is 2. The minimum Gasteiger partial charge on any atom is -0.507 e. The van der Waals surface area contributed by atoms with Gasteiger partial charge in [0.25, 0.3) is 0 Å². The van der Waals surface area contributed by atoms with Crippen molar-refractivity contribution in [2.45, 2.75) is 19.4 Å². The lowest BCUT2D eigenvalue weighted by molar-refractivity contribution is 0.103. The van der Waals surface area contributed by atoms with Gasteiger partial charge >= 0.3 is 0 Å². The van der Waals surface area contributed by atoms with Gasteiger partial charge in [-0.25, -0.2) is 8.78 Å². The summed E-state index contributed by atoms with van der Waals surface area (Å²) in [7, 11) is 0. The Kier molecular flexibility index (Phi) is 4.28. The van der Waals surface area contributed by atoms with Crippen molar-refractivity contribution >= 4 is 17.9 Å². The first-order chi connectivity index (χ1) is 12.2. The molecule has 4 nitrogen and oxygen atoms in total. The van der Waals surface area contributed by atoms with E-state index in [4.69, 9.17) is 4.74 Å². The van der Waals surface area contributed by atoms with Crippen LogP contribution in [-0.2, 0) is 0 Å². The van der Waals surface area contributed by atoms with Crippen molar-refractivity contribution in [2.75, 3.05) is 0 Å². The number of hydrogen-bond donors (Lipinski definition) is 2. The molecule has 2 aromatic carbocycles. The van der Waals surface area contributed by atoms with Gasteiger partial charge in [0.15, 0.2) is 5.78 Å². The summed E-state index contributed by atoms with van der Waals surface area (Å²) in [4.78, 5) is 12.6. The molecule has 1 heterocycles. The molecule has 2 aromatic rings. The number of rotatable bonds is 3. The molecule has 0 bridgehead atoms. The average molecular weight is 358 g/mol. The maximum atomic E-state index is 13.7. The van der Waals surface area contributed by atoms with Crippen LogP contribution in [0.25, 0.3) is 12.2 Å². The number of hydrogen-bond acceptors (Lipinski definition) is 4. The summed E-state index contributed by atoms with van der Waals surface area (Å²) in [6.07, 6.45) is 5.23. The van der Waals surface area contributed by atoms with E-state index in [0.29, 0.717) is 0 Å². The summed E-state index contributed by atoms with van der Waals surface area (Å²) in [6.45, 7) is 3.48. The molecule has 0 radical (unpaired) electrons. The zero-order valence-electron chi connectivity index (χ0n) is 14.1. The van der Waals surface area contributed by atoms with Gasteiger partial charge in [-0.05, 0) is 50.3 Å². The Labute approximate surface area is 148 Å². The number of benzene rings is 2. The van der Waals surface area contributed by atoms with E-state index in [-0.39, 0.29) is 28.2 Å². The lowest BCUT2D eigenvalue weighted by Crippen LogP contribution is -2.28. The van der Waals surface area contributed by atoms with Crippen LogP contribution < -0.4 is 4.74 Å². The molecule has 0 atom stereocenters. The first-order valence-corrected chi connectivity index (χ1v) is 7.83. The fourth-order valence-corrected chi connectivity index (χ4v) is 2.65. The maximum absolute atomic E-state index is 13.7. The van der Waals surface area contributed by atoms with Crippen LogP contribution in [0.15, 0.2) is 36.4 Å². The van der Waals surface area contributed by atoms with Crippen molar-refractivity contribution in [1.82, 2.24) is 0 Å². The summed E-state index contributed by atoms with van der Waals surface area (Å²) < 4.78 is 33.1. The molecule has 1 aliphatic rings. The van der Waals surface area contributed by atoms with Crippen LogP contribution >= 0.6 is 0 Å². The average Bonchev–Trinajstić information content (AvgIpc) is 2.53. The first kappa shape index (κ1) is 17.7. The highest BCUT2D eigenvalue weighted by Gasteiger charge is 2.30. The quantitative estimate of drug-likeness (QED) is 0.628. The van der Waals surface area contributed by atoms with Crippen molar-refractivity contribution in [1.29, 1.82) is 0 Å². The van der Waals surface area contributed by atoms with Crippen molar-refractivity contribution < 1.29 is 28.5 Å². The highest BCUT2D eigenvalue weighted by atomic mass is 19.1. The van der Waals surface area contributed by atoms with Crippen LogP contribution in [0, 0.1) is 11.6 Å². The van der Waals surface area contributed by atoms with Gasteiger partial charge in [0.05, 0.1) is 5.56 Å². The predicted molar refractivity (Wildman–Crippen MR) is 93.2 cm³/mol. The second-order valence-corrected chi connectivity index (χ2v) is 6.40. The largest absolute Gasteiger partial charge is 0.507 e. The van der Waals surface area contributed by atoms with Gasteiger partial charge in [-0.1, -0.05) is 6.07 Å². The Morgan fingerprint density at radius 1 is 1.15 bits per heavy atom. The SMILES string of the molecule is CC1(C)C=Cc2c(O)cc(O)c(C(=O)/C=C/c3c(F)cccc3F)c2O1. The number of phenolic OH excluding ortho intramolecular Hbond substituents is 2. The third-order valence-electron chi connectivity index (χ3n) is 3.94. The monoisotopic (exact) mass is 358 g/mol. The molecule has 0 unspecified atom stereocenters. The van der Waals surface area contributed by atoms with Crippen molar-refractivity contribution in [3.63, 3.8) is 0 Å². The zero-order chi connectivity index (χ0) is 19.1. The van der Waals surface area contributed by atoms with Crippen LogP contribution in [0.5, 0.6) is 17.2 Å². The molecule has 0 saturated carbocycles. The standard InChI is InChI=1S/C20H16F2O4/c1-20(2)9-8-12-16(24)10-17(25)18(19(12)26-20)15(23)7-6-11-13(21)4-3-5-14(11)22/h3-10,24-25H,1-2H3/b7-6+. The third kappa shape index (κ3) is 3.18. The summed E-state index contributed by atoms with van der Waals surface area (Å²) in [5, 5.41) is 20.1. The predicted octanol–water partition coefficient (Wildman–Crippen LogP) is 4.46. The van der Waals surface area contributed by atoms with Crippen LogP contribution in [0.4, 0.5) is 8.78 Å². The number of ether oxygens (including phenoxy) is 1. The number of carbonyl (C=O) groups excluding carboxylic acids is 1. The van der Waals surface area contributed by atoms with Gasteiger partial charge in [0, 0.05) is 11.6 Å². The van der Waals surface area contributed by atoms with Gasteiger partial charge in [0.2, 0.25) is 0 Å². The third-order valence-corrected chi connectivity index (χ3v) is 3.94. The molecule has 3 rings (SSSR count). The van der Waals surface area contributed by atoms with E-state index >= 15 is 0 Å². The molecule has 0 saturated heterocycles. The van der Waals surface area contributed by atoms with E-state index in [1.807, 2.05) is 0 Å². The summed E-state index contributed by atoms with van der Waals surface area (Å²) in [6, 6.07) is 4.39. The van der Waals surface area contributed by atoms with E-state index in [9.17, 15) is 23.8 Å². The Morgan fingerprint density at radius 3 is 2.46 bits per heavy atom. The molecule has 2 N–H and O–H groups in total. The Hall–Kier alpha value is -3.15. The number of halogens is 2. The molecule has 134 valence electrons. The van der Waals surface area contributed by atoms with Gasteiger partial charge in [0.1, 0.15) is 40.0 Å². The minimum absolute atomic E-state index is 0.0126. The molecule has 1 aliphatic heterocycles. The smallest absolute Gasteiger partial charge is 0.193 e. The second-order valence-electron chi connectivity index (χ2n) is 6.40. The number of carbonyl (C=O) groups is 1. The van der Waals surface area contributed by atoms with E-state index in [2.05, 4.69) is 0 Å². The summed E-state index contributed by atoms with van der Waals surface area (Å²) in [5.41, 5.74) is -1.07. The molecular weight excluding hydrogens is 342 g/mol. The van der Waals surface area contributed by atoms with Gasteiger partial charge in [-0.2, -0.15) is 0 Å². The number of allylic oxidation sites excluding steroid dienone is 1. The molecule has 0 spiro atoms. The number of fused-ring (bicyclic) bond motifs is 1. The number of ketones is 1. The normalized spacial score (nSPS) is 14.9. The van der Waals surface area contributed by atoms with E-state index in [1.165, 1.54) is 6.07 Å².